The summed E-state index contributed by atoms with van der Waals surface area (Å²) in [5.74, 6) is 0. The topological polar surface area (TPSA) is 29.5 Å². The molecule has 3 rings (SSSR count). The molecule has 3 nitrogen and oxygen atoms in total. The second-order valence-corrected chi connectivity index (χ2v) is 4.81. The largest absolute Gasteiger partial charge is 0.445 e. The van der Waals surface area contributed by atoms with Gasteiger partial charge in [0.2, 0.25) is 0 Å². The van der Waals surface area contributed by atoms with Crippen molar-refractivity contribution in [2.75, 3.05) is 6.54 Å². The number of hydrogen-bond donors (Lipinski definition) is 0. The molecule has 1 amide bonds. The van der Waals surface area contributed by atoms with Crippen LogP contribution in [0.4, 0.5) is 4.79 Å². The Bertz CT molecular complexity index is 595. The van der Waals surface area contributed by atoms with Crippen LogP contribution in [0, 0.1) is 6.54 Å². The summed E-state index contributed by atoms with van der Waals surface area (Å²) < 4.78 is 5.34. The first-order valence-corrected chi connectivity index (χ1v) is 6.73. The number of amides is 1. The Morgan fingerprint density at radius 3 is 2.65 bits per heavy atom. The first kappa shape index (κ1) is 12.7. The summed E-state index contributed by atoms with van der Waals surface area (Å²) in [6, 6.07) is 17.8. The summed E-state index contributed by atoms with van der Waals surface area (Å²) >= 11 is 0. The van der Waals surface area contributed by atoms with Gasteiger partial charge in [-0.05, 0) is 23.1 Å². The van der Waals surface area contributed by atoms with Gasteiger partial charge in [0.1, 0.15) is 6.61 Å². The zero-order chi connectivity index (χ0) is 13.8. The van der Waals surface area contributed by atoms with Crippen molar-refractivity contribution in [3.05, 3.63) is 77.8 Å². The minimum atomic E-state index is -0.289. The van der Waals surface area contributed by atoms with Gasteiger partial charge in [0.25, 0.3) is 0 Å². The molecule has 2 aromatic rings. The third-order valence-electron chi connectivity index (χ3n) is 3.41. The number of nitrogens with zero attached hydrogens (tertiary/aromatic N) is 1. The Morgan fingerprint density at radius 1 is 1.05 bits per heavy atom. The number of carbonyl (C=O) groups excluding carboxylic acids is 1. The number of ether oxygens (including phenoxy) is 1. The van der Waals surface area contributed by atoms with E-state index >= 15 is 0 Å². The number of fused-ring (bicyclic) bond motifs is 1. The van der Waals surface area contributed by atoms with Crippen molar-refractivity contribution in [1.29, 1.82) is 0 Å². The van der Waals surface area contributed by atoms with Gasteiger partial charge >= 0.3 is 6.09 Å². The summed E-state index contributed by atoms with van der Waals surface area (Å²) in [5.41, 5.74) is 3.37. The Balaban J connectivity index is 1.59. The summed E-state index contributed by atoms with van der Waals surface area (Å²) in [4.78, 5) is 13.7. The minimum Gasteiger partial charge on any atom is -0.445 e. The fourth-order valence-electron chi connectivity index (χ4n) is 2.31. The van der Waals surface area contributed by atoms with E-state index in [4.69, 9.17) is 4.74 Å². The second kappa shape index (κ2) is 5.78. The Morgan fingerprint density at radius 2 is 1.80 bits per heavy atom. The summed E-state index contributed by atoms with van der Waals surface area (Å²) in [6.45, 7) is 2.85. The Hall–Kier alpha value is -2.29. The maximum absolute atomic E-state index is 12.1. The molecule has 0 atom stereocenters. The van der Waals surface area contributed by atoms with Crippen molar-refractivity contribution in [2.24, 2.45) is 0 Å². The highest BCUT2D eigenvalue weighted by atomic mass is 16.6. The number of rotatable bonds is 2. The predicted octanol–water partition coefficient (Wildman–Crippen LogP) is 3.39. The van der Waals surface area contributed by atoms with Gasteiger partial charge in [0.15, 0.2) is 0 Å². The molecule has 1 aliphatic heterocycles. The van der Waals surface area contributed by atoms with Crippen molar-refractivity contribution in [1.82, 2.24) is 4.90 Å². The highest BCUT2D eigenvalue weighted by Crippen LogP contribution is 2.20. The Labute approximate surface area is 118 Å². The molecule has 0 N–H and O–H groups in total. The van der Waals surface area contributed by atoms with E-state index in [1.54, 1.807) is 4.90 Å². The fourth-order valence-corrected chi connectivity index (χ4v) is 2.31. The highest BCUT2D eigenvalue weighted by molar-refractivity contribution is 5.70. The highest BCUT2D eigenvalue weighted by Gasteiger charge is 2.21. The lowest BCUT2D eigenvalue weighted by Crippen LogP contribution is -2.34. The molecule has 0 aliphatic carbocycles. The van der Waals surface area contributed by atoms with Crippen LogP contribution in [-0.2, 0) is 17.8 Å². The molecular formula is C17H16NO2. The van der Waals surface area contributed by atoms with Gasteiger partial charge in [-0.15, -0.1) is 0 Å². The normalized spacial score (nSPS) is 13.7. The fraction of sp³-hybridized carbons (Fsp3) is 0.176. The van der Waals surface area contributed by atoms with Crippen LogP contribution in [0.2, 0.25) is 0 Å². The molecule has 0 bridgehead atoms. The molecule has 1 radical (unpaired) electrons. The van der Waals surface area contributed by atoms with Crippen molar-refractivity contribution >= 4 is 6.09 Å². The molecule has 20 heavy (non-hydrogen) atoms. The van der Waals surface area contributed by atoms with E-state index in [0.717, 1.165) is 17.5 Å². The van der Waals surface area contributed by atoms with Crippen LogP contribution in [0.25, 0.3) is 0 Å². The lowest BCUT2D eigenvalue weighted by Gasteiger charge is -2.27. The lowest BCUT2D eigenvalue weighted by atomic mass is 10.0. The van der Waals surface area contributed by atoms with Gasteiger partial charge in [-0.1, -0.05) is 54.6 Å². The summed E-state index contributed by atoms with van der Waals surface area (Å²) in [6.07, 6.45) is 0.580. The SMILES string of the molecule is O=C(OCc1ccccc1)N1[CH]c2ccccc2CC1. The number of carbonyl (C=O) groups is 1. The van der Waals surface area contributed by atoms with Crippen LogP contribution in [0.15, 0.2) is 54.6 Å². The van der Waals surface area contributed by atoms with Gasteiger partial charge < -0.3 is 4.74 Å². The molecule has 1 aliphatic rings. The van der Waals surface area contributed by atoms with E-state index in [2.05, 4.69) is 6.07 Å². The molecule has 0 saturated carbocycles. The average molecular weight is 266 g/mol. The molecule has 1 heterocycles. The van der Waals surface area contributed by atoms with Crippen molar-refractivity contribution in [2.45, 2.75) is 13.0 Å². The van der Waals surface area contributed by atoms with Gasteiger partial charge in [-0.25, -0.2) is 4.79 Å². The molecule has 0 unspecified atom stereocenters. The average Bonchev–Trinajstić information content (AvgIpc) is 2.53. The number of hydrogen-bond acceptors (Lipinski definition) is 2. The van der Waals surface area contributed by atoms with Crippen molar-refractivity contribution < 1.29 is 9.53 Å². The van der Waals surface area contributed by atoms with Gasteiger partial charge in [0, 0.05) is 6.54 Å². The van der Waals surface area contributed by atoms with Gasteiger partial charge in [0.05, 0.1) is 6.54 Å². The van der Waals surface area contributed by atoms with E-state index in [1.165, 1.54) is 5.56 Å². The van der Waals surface area contributed by atoms with E-state index < -0.39 is 0 Å². The van der Waals surface area contributed by atoms with Gasteiger partial charge in [-0.2, -0.15) is 0 Å². The molecule has 0 spiro atoms. The van der Waals surface area contributed by atoms with Crippen LogP contribution >= 0.6 is 0 Å². The second-order valence-electron chi connectivity index (χ2n) is 4.81. The summed E-state index contributed by atoms with van der Waals surface area (Å²) in [5, 5.41) is 0. The van der Waals surface area contributed by atoms with Crippen molar-refractivity contribution in [3.8, 4) is 0 Å². The molecule has 3 heteroatoms. The predicted molar refractivity (Wildman–Crippen MR) is 76.9 cm³/mol. The summed E-state index contributed by atoms with van der Waals surface area (Å²) in [7, 11) is 0. The maximum Gasteiger partial charge on any atom is 0.410 e. The van der Waals surface area contributed by atoms with Gasteiger partial charge in [-0.3, -0.25) is 4.90 Å². The van der Waals surface area contributed by atoms with E-state index in [-0.39, 0.29) is 6.09 Å². The molecule has 0 aromatic heterocycles. The Kier molecular flexibility index (Phi) is 3.68. The quantitative estimate of drug-likeness (QED) is 0.833. The first-order chi connectivity index (χ1) is 9.83. The minimum absolute atomic E-state index is 0.289. The molecular weight excluding hydrogens is 250 g/mol. The van der Waals surface area contributed by atoms with E-state index in [1.807, 2.05) is 55.1 Å². The monoisotopic (exact) mass is 266 g/mol. The smallest absolute Gasteiger partial charge is 0.410 e. The van der Waals surface area contributed by atoms with Crippen molar-refractivity contribution in [3.63, 3.8) is 0 Å². The molecule has 101 valence electrons. The van der Waals surface area contributed by atoms with E-state index in [9.17, 15) is 4.79 Å². The zero-order valence-electron chi connectivity index (χ0n) is 11.2. The molecule has 0 saturated heterocycles. The molecule has 0 fully saturated rings. The van der Waals surface area contributed by atoms with Crippen LogP contribution in [-0.4, -0.2) is 17.5 Å². The van der Waals surface area contributed by atoms with Crippen LogP contribution in [0.3, 0.4) is 0 Å². The number of benzene rings is 2. The third kappa shape index (κ3) is 2.82. The van der Waals surface area contributed by atoms with Crippen LogP contribution in [0.1, 0.15) is 16.7 Å². The zero-order valence-corrected chi connectivity index (χ0v) is 11.2. The van der Waals surface area contributed by atoms with Crippen LogP contribution < -0.4 is 0 Å². The lowest BCUT2D eigenvalue weighted by molar-refractivity contribution is 0.106. The van der Waals surface area contributed by atoms with Crippen LogP contribution in [0.5, 0.6) is 0 Å². The maximum atomic E-state index is 12.1. The van der Waals surface area contributed by atoms with E-state index in [0.29, 0.717) is 13.2 Å². The first-order valence-electron chi connectivity index (χ1n) is 6.73. The molecule has 2 aromatic carbocycles. The standard InChI is InChI=1S/C17H16NO2/c19-17(20-13-14-6-2-1-3-7-14)18-11-10-15-8-4-5-9-16(15)12-18/h1-9,12H,10-11,13H2. The third-order valence-corrected chi connectivity index (χ3v) is 3.41.